The van der Waals surface area contributed by atoms with E-state index in [1.165, 1.54) is 10.4 Å². The number of hydrogen-bond donors (Lipinski definition) is 1. The SMILES string of the molecule is CC(N)C(c1ccc(Cl)s1)N(C)Cc1ccc(Cl)cc1. The largest absolute Gasteiger partial charge is 0.326 e. The molecule has 1 heterocycles. The summed E-state index contributed by atoms with van der Waals surface area (Å²) in [6.45, 7) is 2.84. The molecule has 0 saturated carbocycles. The highest BCUT2D eigenvalue weighted by Gasteiger charge is 2.22. The Balaban J connectivity index is 2.15. The molecule has 1 aromatic heterocycles. The van der Waals surface area contributed by atoms with E-state index < -0.39 is 0 Å². The van der Waals surface area contributed by atoms with Crippen LogP contribution in [0.4, 0.5) is 0 Å². The standard InChI is InChI=1S/C15H18Cl2N2S/c1-10(18)15(13-7-8-14(17)20-13)19(2)9-11-3-5-12(16)6-4-11/h3-8,10,15H,9,18H2,1-2H3. The van der Waals surface area contributed by atoms with Crippen LogP contribution in [-0.4, -0.2) is 18.0 Å². The van der Waals surface area contributed by atoms with Crippen LogP contribution in [0.3, 0.4) is 0 Å². The molecule has 0 saturated heterocycles. The summed E-state index contributed by atoms with van der Waals surface area (Å²) >= 11 is 13.5. The first-order valence-corrected chi connectivity index (χ1v) is 8.00. The minimum atomic E-state index is 0.0296. The fourth-order valence-electron chi connectivity index (χ4n) is 2.34. The van der Waals surface area contributed by atoms with Crippen LogP contribution in [0.1, 0.15) is 23.4 Å². The summed E-state index contributed by atoms with van der Waals surface area (Å²) < 4.78 is 0.797. The van der Waals surface area contributed by atoms with Crippen molar-refractivity contribution >= 4 is 34.5 Å². The maximum Gasteiger partial charge on any atom is 0.0931 e. The first-order chi connectivity index (χ1) is 9.47. The van der Waals surface area contributed by atoms with Gasteiger partial charge in [0.05, 0.1) is 10.4 Å². The van der Waals surface area contributed by atoms with Gasteiger partial charge in [0, 0.05) is 22.5 Å². The van der Waals surface area contributed by atoms with Crippen molar-refractivity contribution in [3.8, 4) is 0 Å². The van der Waals surface area contributed by atoms with E-state index in [2.05, 4.69) is 18.0 Å². The summed E-state index contributed by atoms with van der Waals surface area (Å²) in [5.74, 6) is 0. The van der Waals surface area contributed by atoms with Crippen molar-refractivity contribution < 1.29 is 0 Å². The van der Waals surface area contributed by atoms with Crippen molar-refractivity contribution in [1.82, 2.24) is 4.90 Å². The second-order valence-corrected chi connectivity index (χ2v) is 7.17. The lowest BCUT2D eigenvalue weighted by molar-refractivity contribution is 0.214. The van der Waals surface area contributed by atoms with E-state index in [-0.39, 0.29) is 12.1 Å². The zero-order valence-corrected chi connectivity index (χ0v) is 13.8. The minimum Gasteiger partial charge on any atom is -0.326 e. The molecular weight excluding hydrogens is 311 g/mol. The quantitative estimate of drug-likeness (QED) is 0.870. The molecule has 2 rings (SSSR count). The Kier molecular flexibility index (Phi) is 5.47. The number of rotatable bonds is 5. The Morgan fingerprint density at radius 3 is 2.30 bits per heavy atom. The highest BCUT2D eigenvalue weighted by Crippen LogP contribution is 2.32. The predicted octanol–water partition coefficient (Wildman–Crippen LogP) is 4.58. The van der Waals surface area contributed by atoms with Gasteiger partial charge in [0.25, 0.3) is 0 Å². The molecule has 0 radical (unpaired) electrons. The van der Waals surface area contributed by atoms with Crippen LogP contribution in [0.15, 0.2) is 36.4 Å². The van der Waals surface area contributed by atoms with E-state index >= 15 is 0 Å². The van der Waals surface area contributed by atoms with Gasteiger partial charge in [0.15, 0.2) is 0 Å². The molecular formula is C15H18Cl2N2S. The molecule has 2 N–H and O–H groups in total. The van der Waals surface area contributed by atoms with Crippen molar-refractivity contribution in [3.05, 3.63) is 56.2 Å². The van der Waals surface area contributed by atoms with Crippen molar-refractivity contribution in [3.63, 3.8) is 0 Å². The van der Waals surface area contributed by atoms with E-state index in [0.717, 1.165) is 15.9 Å². The van der Waals surface area contributed by atoms with Crippen LogP contribution in [-0.2, 0) is 6.54 Å². The zero-order chi connectivity index (χ0) is 14.7. The van der Waals surface area contributed by atoms with Gasteiger partial charge >= 0.3 is 0 Å². The molecule has 0 spiro atoms. The van der Waals surface area contributed by atoms with Crippen LogP contribution >= 0.6 is 34.5 Å². The second-order valence-electron chi connectivity index (χ2n) is 4.99. The Bertz CT molecular complexity index is 551. The first-order valence-electron chi connectivity index (χ1n) is 6.43. The molecule has 0 aliphatic rings. The molecule has 0 amide bonds. The lowest BCUT2D eigenvalue weighted by atomic mass is 10.1. The number of hydrogen-bond acceptors (Lipinski definition) is 3. The lowest BCUT2D eigenvalue weighted by Crippen LogP contribution is -2.36. The van der Waals surface area contributed by atoms with E-state index in [1.54, 1.807) is 11.3 Å². The average molecular weight is 329 g/mol. The van der Waals surface area contributed by atoms with Crippen LogP contribution in [0.5, 0.6) is 0 Å². The predicted molar refractivity (Wildman–Crippen MR) is 88.6 cm³/mol. The Morgan fingerprint density at radius 1 is 1.15 bits per heavy atom. The summed E-state index contributed by atoms with van der Waals surface area (Å²) in [4.78, 5) is 3.44. The zero-order valence-electron chi connectivity index (χ0n) is 11.5. The van der Waals surface area contributed by atoms with Crippen molar-refractivity contribution in [1.29, 1.82) is 0 Å². The summed E-state index contributed by atoms with van der Waals surface area (Å²) in [5, 5.41) is 0.755. The van der Waals surface area contributed by atoms with Crippen LogP contribution in [0, 0.1) is 0 Å². The third-order valence-electron chi connectivity index (χ3n) is 3.20. The Hall–Kier alpha value is -0.580. The van der Waals surface area contributed by atoms with Gasteiger partial charge in [-0.1, -0.05) is 35.3 Å². The van der Waals surface area contributed by atoms with E-state index in [4.69, 9.17) is 28.9 Å². The van der Waals surface area contributed by atoms with Crippen molar-refractivity contribution in [2.75, 3.05) is 7.05 Å². The summed E-state index contributed by atoms with van der Waals surface area (Å²) in [5.41, 5.74) is 7.37. The van der Waals surface area contributed by atoms with E-state index in [0.29, 0.717) is 0 Å². The van der Waals surface area contributed by atoms with Gasteiger partial charge in [-0.25, -0.2) is 0 Å². The number of nitrogens with zero attached hydrogens (tertiary/aromatic N) is 1. The number of likely N-dealkylation sites (N-methyl/N-ethyl adjacent to an activating group) is 1. The smallest absolute Gasteiger partial charge is 0.0931 e. The fourth-order valence-corrected chi connectivity index (χ4v) is 3.81. The topological polar surface area (TPSA) is 29.3 Å². The molecule has 108 valence electrons. The van der Waals surface area contributed by atoms with Gasteiger partial charge in [0.1, 0.15) is 0 Å². The highest BCUT2D eigenvalue weighted by molar-refractivity contribution is 7.16. The number of nitrogens with two attached hydrogens (primary N) is 1. The first kappa shape index (κ1) is 15.8. The molecule has 2 unspecified atom stereocenters. The van der Waals surface area contributed by atoms with E-state index in [1.807, 2.05) is 37.3 Å². The van der Waals surface area contributed by atoms with Crippen molar-refractivity contribution in [2.24, 2.45) is 5.73 Å². The monoisotopic (exact) mass is 328 g/mol. The summed E-state index contributed by atoms with van der Waals surface area (Å²) in [6, 6.07) is 12.1. The van der Waals surface area contributed by atoms with E-state index in [9.17, 15) is 0 Å². The van der Waals surface area contributed by atoms with Crippen LogP contribution in [0.2, 0.25) is 9.36 Å². The molecule has 0 aliphatic heterocycles. The molecule has 2 atom stereocenters. The molecule has 0 fully saturated rings. The summed E-state index contributed by atoms with van der Waals surface area (Å²) in [7, 11) is 2.08. The average Bonchev–Trinajstić information content (AvgIpc) is 2.78. The molecule has 2 nitrogen and oxygen atoms in total. The second kappa shape index (κ2) is 6.92. The summed E-state index contributed by atoms with van der Waals surface area (Å²) in [6.07, 6.45) is 0. The van der Waals surface area contributed by atoms with Crippen LogP contribution in [0.25, 0.3) is 0 Å². The van der Waals surface area contributed by atoms with Gasteiger partial charge in [0.2, 0.25) is 0 Å². The van der Waals surface area contributed by atoms with Gasteiger partial charge in [-0.05, 0) is 43.8 Å². The Morgan fingerprint density at radius 2 is 1.80 bits per heavy atom. The lowest BCUT2D eigenvalue weighted by Gasteiger charge is -2.30. The van der Waals surface area contributed by atoms with Gasteiger partial charge in [-0.2, -0.15) is 0 Å². The highest BCUT2D eigenvalue weighted by atomic mass is 35.5. The maximum absolute atomic E-state index is 6.16. The molecule has 0 bridgehead atoms. The molecule has 5 heteroatoms. The normalized spacial score (nSPS) is 14.5. The van der Waals surface area contributed by atoms with Gasteiger partial charge in [-0.15, -0.1) is 11.3 Å². The fraction of sp³-hybridized carbons (Fsp3) is 0.333. The Labute approximate surface area is 134 Å². The third kappa shape index (κ3) is 3.96. The van der Waals surface area contributed by atoms with Gasteiger partial charge in [-0.3, -0.25) is 4.90 Å². The molecule has 2 aromatic rings. The number of thiophene rings is 1. The van der Waals surface area contributed by atoms with Crippen molar-refractivity contribution in [2.45, 2.75) is 25.6 Å². The third-order valence-corrected chi connectivity index (χ3v) is 4.76. The number of halogens is 2. The minimum absolute atomic E-state index is 0.0296. The van der Waals surface area contributed by atoms with Crippen LogP contribution < -0.4 is 5.73 Å². The molecule has 20 heavy (non-hydrogen) atoms. The van der Waals surface area contributed by atoms with Gasteiger partial charge < -0.3 is 5.73 Å². The maximum atomic E-state index is 6.16. The molecule has 0 aliphatic carbocycles. The number of benzene rings is 1. The molecule has 1 aromatic carbocycles.